The van der Waals surface area contributed by atoms with Crippen LogP contribution in [0.25, 0.3) is 0 Å². The van der Waals surface area contributed by atoms with Crippen LogP contribution >= 0.6 is 10.7 Å². The monoisotopic (exact) mass is 318 g/mol. The van der Waals surface area contributed by atoms with Gasteiger partial charge in [-0.1, -0.05) is 39.8 Å². The van der Waals surface area contributed by atoms with Crippen molar-refractivity contribution < 1.29 is 13.2 Å². The number of halogens is 1. The molecule has 1 aromatic carbocycles. The fourth-order valence-corrected chi connectivity index (χ4v) is 3.26. The van der Waals surface area contributed by atoms with Gasteiger partial charge in [-0.2, -0.15) is 0 Å². The van der Waals surface area contributed by atoms with Gasteiger partial charge in [0.2, 0.25) is 9.05 Å². The van der Waals surface area contributed by atoms with Crippen molar-refractivity contribution in [3.8, 4) is 5.75 Å². The van der Waals surface area contributed by atoms with Crippen molar-refractivity contribution in [2.45, 2.75) is 39.5 Å². The topological polar surface area (TPSA) is 43.4 Å². The molecule has 0 fully saturated rings. The van der Waals surface area contributed by atoms with Crippen LogP contribution in [0.3, 0.4) is 0 Å². The third-order valence-electron chi connectivity index (χ3n) is 3.22. The molecule has 0 aliphatic carbocycles. The number of ether oxygens (including phenoxy) is 1. The third kappa shape index (κ3) is 6.14. The second-order valence-electron chi connectivity index (χ2n) is 6.07. The first-order valence-corrected chi connectivity index (χ1v) is 9.25. The average Bonchev–Trinajstić information content (AvgIpc) is 2.32. The first-order chi connectivity index (χ1) is 9.12. The van der Waals surface area contributed by atoms with Crippen LogP contribution in [0.4, 0.5) is 0 Å². The zero-order chi connectivity index (χ0) is 15.4. The number of hydrogen-bond acceptors (Lipinski definition) is 3. The lowest BCUT2D eigenvalue weighted by Gasteiger charge is -2.19. The Bertz CT molecular complexity index is 515. The zero-order valence-electron chi connectivity index (χ0n) is 12.5. The highest BCUT2D eigenvalue weighted by molar-refractivity contribution is 8.13. The van der Waals surface area contributed by atoms with Crippen molar-refractivity contribution in [3.63, 3.8) is 0 Å². The summed E-state index contributed by atoms with van der Waals surface area (Å²) in [5, 5.41) is 0. The number of rotatable bonds is 6. The van der Waals surface area contributed by atoms with Crippen LogP contribution in [0.2, 0.25) is 0 Å². The quantitative estimate of drug-likeness (QED) is 0.746. The Hall–Kier alpha value is -0.740. The van der Waals surface area contributed by atoms with Crippen molar-refractivity contribution in [2.24, 2.45) is 5.92 Å². The molecule has 0 N–H and O–H groups in total. The molecule has 0 aliphatic heterocycles. The molecule has 0 aromatic heterocycles. The van der Waals surface area contributed by atoms with Crippen molar-refractivity contribution in [3.05, 3.63) is 29.8 Å². The molecule has 0 aliphatic rings. The first kappa shape index (κ1) is 17.3. The van der Waals surface area contributed by atoms with Gasteiger partial charge in [0.05, 0.1) is 12.4 Å². The predicted octanol–water partition coefficient (Wildman–Crippen LogP) is 3.96. The lowest BCUT2D eigenvalue weighted by molar-refractivity contribution is 0.258. The molecule has 0 saturated carbocycles. The fraction of sp³-hybridized carbons (Fsp3) is 0.600. The highest BCUT2D eigenvalue weighted by atomic mass is 35.7. The van der Waals surface area contributed by atoms with E-state index in [1.165, 1.54) is 5.56 Å². The molecule has 0 saturated heterocycles. The predicted molar refractivity (Wildman–Crippen MR) is 84.1 cm³/mol. The molecule has 0 spiro atoms. The van der Waals surface area contributed by atoms with E-state index in [0.717, 1.165) is 5.75 Å². The summed E-state index contributed by atoms with van der Waals surface area (Å²) in [5.41, 5.74) is 1.34. The molecular weight excluding hydrogens is 296 g/mol. The molecule has 0 amide bonds. The Morgan fingerprint density at radius 2 is 1.75 bits per heavy atom. The van der Waals surface area contributed by atoms with Crippen molar-refractivity contribution in [1.29, 1.82) is 0 Å². The van der Waals surface area contributed by atoms with Crippen molar-refractivity contribution >= 4 is 19.7 Å². The van der Waals surface area contributed by atoms with Gasteiger partial charge in [-0.3, -0.25) is 0 Å². The molecular formula is C15H23ClO3S. The van der Waals surface area contributed by atoms with Crippen LogP contribution in [0.15, 0.2) is 24.3 Å². The van der Waals surface area contributed by atoms with Crippen LogP contribution < -0.4 is 4.74 Å². The second kappa shape index (κ2) is 6.81. The summed E-state index contributed by atoms with van der Waals surface area (Å²) >= 11 is 0. The molecule has 114 valence electrons. The summed E-state index contributed by atoms with van der Waals surface area (Å²) in [6.45, 7) is 8.75. The summed E-state index contributed by atoms with van der Waals surface area (Å²) in [7, 11) is 1.80. The van der Waals surface area contributed by atoms with Gasteiger partial charge >= 0.3 is 0 Å². The Morgan fingerprint density at radius 1 is 1.20 bits per heavy atom. The Morgan fingerprint density at radius 3 is 2.15 bits per heavy atom. The molecule has 0 radical (unpaired) electrons. The second-order valence-corrected chi connectivity index (χ2v) is 8.89. The van der Waals surface area contributed by atoms with Crippen LogP contribution in [0.5, 0.6) is 5.75 Å². The van der Waals surface area contributed by atoms with E-state index < -0.39 is 9.05 Å². The number of hydrogen-bond donors (Lipinski definition) is 0. The number of benzene rings is 1. The van der Waals surface area contributed by atoms with Gasteiger partial charge in [-0.05, 0) is 29.5 Å². The maximum atomic E-state index is 11.1. The van der Waals surface area contributed by atoms with E-state index in [1.807, 2.05) is 31.2 Å². The van der Waals surface area contributed by atoms with E-state index in [4.69, 9.17) is 15.4 Å². The Balaban J connectivity index is 2.61. The summed E-state index contributed by atoms with van der Waals surface area (Å²) in [6.07, 6.45) is 0.714. The fourth-order valence-electron chi connectivity index (χ4n) is 1.83. The standard InChI is InChI=1S/C15H23ClO3S/c1-5-12(11-20(16,17)18)10-19-14-8-6-13(7-9-14)15(2,3)4/h6-9,12H,5,10-11H2,1-4H3. The van der Waals surface area contributed by atoms with Crippen LogP contribution in [-0.2, 0) is 14.5 Å². The average molecular weight is 319 g/mol. The molecule has 3 nitrogen and oxygen atoms in total. The van der Waals surface area contributed by atoms with E-state index >= 15 is 0 Å². The lowest BCUT2D eigenvalue weighted by atomic mass is 9.87. The molecule has 1 rings (SSSR count). The van der Waals surface area contributed by atoms with Gasteiger partial charge in [0.1, 0.15) is 5.75 Å². The molecule has 1 aromatic rings. The summed E-state index contributed by atoms with van der Waals surface area (Å²) in [6, 6.07) is 7.91. The zero-order valence-corrected chi connectivity index (χ0v) is 14.1. The van der Waals surface area contributed by atoms with E-state index in [-0.39, 0.29) is 17.1 Å². The summed E-state index contributed by atoms with van der Waals surface area (Å²) in [4.78, 5) is 0. The van der Waals surface area contributed by atoms with Gasteiger partial charge in [0.15, 0.2) is 0 Å². The van der Waals surface area contributed by atoms with Gasteiger partial charge in [-0.25, -0.2) is 8.42 Å². The van der Waals surface area contributed by atoms with Crippen molar-refractivity contribution in [1.82, 2.24) is 0 Å². The molecule has 20 heavy (non-hydrogen) atoms. The van der Waals surface area contributed by atoms with Crippen molar-refractivity contribution in [2.75, 3.05) is 12.4 Å². The highest BCUT2D eigenvalue weighted by Gasteiger charge is 2.17. The van der Waals surface area contributed by atoms with E-state index in [0.29, 0.717) is 13.0 Å². The highest BCUT2D eigenvalue weighted by Crippen LogP contribution is 2.24. The molecule has 0 bridgehead atoms. The van der Waals surface area contributed by atoms with Gasteiger partial charge in [0, 0.05) is 16.6 Å². The van der Waals surface area contributed by atoms with Crippen LogP contribution in [-0.4, -0.2) is 20.8 Å². The minimum atomic E-state index is -3.47. The lowest BCUT2D eigenvalue weighted by Crippen LogP contribution is -2.19. The normalized spacial score (nSPS) is 14.1. The van der Waals surface area contributed by atoms with Gasteiger partial charge in [0.25, 0.3) is 0 Å². The van der Waals surface area contributed by atoms with Gasteiger partial charge in [-0.15, -0.1) is 0 Å². The largest absolute Gasteiger partial charge is 0.493 e. The first-order valence-electron chi connectivity index (χ1n) is 6.77. The molecule has 1 unspecified atom stereocenters. The SMILES string of the molecule is CCC(COc1ccc(C(C)(C)C)cc1)CS(=O)(=O)Cl. The summed E-state index contributed by atoms with van der Waals surface area (Å²) in [5.74, 6) is 0.619. The van der Waals surface area contributed by atoms with E-state index in [1.54, 1.807) is 0 Å². The smallest absolute Gasteiger partial charge is 0.232 e. The van der Waals surface area contributed by atoms with E-state index in [2.05, 4.69) is 20.8 Å². The molecule has 5 heteroatoms. The maximum absolute atomic E-state index is 11.1. The third-order valence-corrected chi connectivity index (χ3v) is 4.47. The van der Waals surface area contributed by atoms with Crippen LogP contribution in [0, 0.1) is 5.92 Å². The molecule has 0 heterocycles. The Kier molecular flexibility index (Phi) is 5.90. The van der Waals surface area contributed by atoms with Gasteiger partial charge < -0.3 is 4.74 Å². The van der Waals surface area contributed by atoms with E-state index in [9.17, 15) is 8.42 Å². The minimum absolute atomic E-state index is 0.0505. The minimum Gasteiger partial charge on any atom is -0.493 e. The van der Waals surface area contributed by atoms with Crippen LogP contribution in [0.1, 0.15) is 39.7 Å². The summed E-state index contributed by atoms with van der Waals surface area (Å²) < 4.78 is 27.8. The maximum Gasteiger partial charge on any atom is 0.232 e. The molecule has 1 atom stereocenters. The Labute approximate surface area is 126 Å².